The summed E-state index contributed by atoms with van der Waals surface area (Å²) in [5, 5.41) is 8.36. The third-order valence-corrected chi connectivity index (χ3v) is 5.48. The zero-order valence-electron chi connectivity index (χ0n) is 20.1. The maximum Gasteiger partial charge on any atom is 0.304 e. The van der Waals surface area contributed by atoms with Gasteiger partial charge in [-0.25, -0.2) is 18.8 Å². The molecule has 1 amide bonds. The molecule has 4 rings (SSSR count). The second-order valence-electron chi connectivity index (χ2n) is 7.85. The van der Waals surface area contributed by atoms with Gasteiger partial charge in [0.25, 0.3) is 12.3 Å². The minimum Gasteiger partial charge on any atom is -0.452 e. The van der Waals surface area contributed by atoms with Gasteiger partial charge in [-0.05, 0) is 36.4 Å². The Bertz CT molecular complexity index is 1440. The molecular formula is C25H22ClF3N6O3. The van der Waals surface area contributed by atoms with E-state index in [1.807, 2.05) is 0 Å². The molecular weight excluding hydrogens is 525 g/mol. The Morgan fingerprint density at radius 1 is 1.11 bits per heavy atom. The first-order chi connectivity index (χ1) is 18.2. The molecule has 1 unspecified atom stereocenters. The fourth-order valence-electron chi connectivity index (χ4n) is 3.70. The summed E-state index contributed by atoms with van der Waals surface area (Å²) in [6.45, 7) is 0. The van der Waals surface area contributed by atoms with Gasteiger partial charge < -0.3 is 15.8 Å². The van der Waals surface area contributed by atoms with Gasteiger partial charge in [-0.1, -0.05) is 35.9 Å². The number of aryl methyl sites for hydroxylation is 1. The van der Waals surface area contributed by atoms with Crippen LogP contribution in [0.2, 0.25) is 5.15 Å². The van der Waals surface area contributed by atoms with Crippen LogP contribution in [-0.4, -0.2) is 40.6 Å². The average molecular weight is 547 g/mol. The standard InChI is InChI=1S/C25H22ClF3N6O3/c1-34-12-11-16(33-34)15-9-6-10-17(21(15)38-23(29)22(27)28)31-18-13-19(26)32-25(20(18)24(30)36)35(37-2)14-7-4-3-5-8-14/h3-13,22-23H,1-2H3,(H2,30,36)(H,31,32). The fraction of sp³-hybridized carbons (Fsp3) is 0.160. The summed E-state index contributed by atoms with van der Waals surface area (Å²) in [5.41, 5.74) is 6.74. The van der Waals surface area contributed by atoms with E-state index in [1.165, 1.54) is 35.1 Å². The zero-order chi connectivity index (χ0) is 27.4. The predicted molar refractivity (Wildman–Crippen MR) is 137 cm³/mol. The maximum absolute atomic E-state index is 14.2. The number of carbonyl (C=O) groups excluding carboxylic acids is 1. The van der Waals surface area contributed by atoms with Gasteiger partial charge in [-0.2, -0.15) is 9.49 Å². The fourth-order valence-corrected chi connectivity index (χ4v) is 3.89. The van der Waals surface area contributed by atoms with Gasteiger partial charge in [-0.3, -0.25) is 14.3 Å². The number of nitrogens with two attached hydrogens (primary N) is 1. The monoisotopic (exact) mass is 546 g/mol. The number of anilines is 4. The third-order valence-electron chi connectivity index (χ3n) is 5.28. The summed E-state index contributed by atoms with van der Waals surface area (Å²) in [7, 11) is 3.03. The van der Waals surface area contributed by atoms with Crippen LogP contribution in [0.4, 0.5) is 36.1 Å². The molecule has 0 bridgehead atoms. The van der Waals surface area contributed by atoms with Crippen LogP contribution >= 0.6 is 11.6 Å². The number of para-hydroxylation sites is 2. The highest BCUT2D eigenvalue weighted by Crippen LogP contribution is 2.41. The van der Waals surface area contributed by atoms with E-state index in [9.17, 15) is 18.0 Å². The number of amides is 1. The number of hydrogen-bond acceptors (Lipinski definition) is 7. The molecule has 4 aromatic rings. The van der Waals surface area contributed by atoms with Gasteiger partial charge in [-0.15, -0.1) is 0 Å². The summed E-state index contributed by atoms with van der Waals surface area (Å²) in [6.07, 6.45) is -4.72. The van der Waals surface area contributed by atoms with Crippen molar-refractivity contribution in [2.45, 2.75) is 12.8 Å². The number of nitrogens with zero attached hydrogens (tertiary/aromatic N) is 4. The van der Waals surface area contributed by atoms with Gasteiger partial charge in [0, 0.05) is 18.8 Å². The largest absolute Gasteiger partial charge is 0.452 e. The van der Waals surface area contributed by atoms with E-state index in [4.69, 9.17) is 26.9 Å². The van der Waals surface area contributed by atoms with E-state index < -0.39 is 18.7 Å². The molecule has 0 aliphatic carbocycles. The van der Waals surface area contributed by atoms with Crippen molar-refractivity contribution in [1.82, 2.24) is 14.8 Å². The van der Waals surface area contributed by atoms with E-state index in [0.717, 1.165) is 0 Å². The lowest BCUT2D eigenvalue weighted by molar-refractivity contribution is -0.0662. The number of hydrogen-bond donors (Lipinski definition) is 2. The second-order valence-corrected chi connectivity index (χ2v) is 8.24. The number of halogens is 4. The first kappa shape index (κ1) is 26.8. The van der Waals surface area contributed by atoms with Crippen LogP contribution < -0.4 is 20.9 Å². The van der Waals surface area contributed by atoms with E-state index in [-0.39, 0.29) is 39.2 Å². The normalized spacial score (nSPS) is 11.9. The van der Waals surface area contributed by atoms with Crippen LogP contribution in [0.15, 0.2) is 66.9 Å². The van der Waals surface area contributed by atoms with Crippen LogP contribution in [0.25, 0.3) is 11.3 Å². The molecule has 3 N–H and O–H groups in total. The highest BCUT2D eigenvalue weighted by Gasteiger charge is 2.27. The number of pyridine rings is 1. The Balaban J connectivity index is 1.87. The molecule has 1 atom stereocenters. The van der Waals surface area contributed by atoms with Crippen LogP contribution in [0, 0.1) is 0 Å². The molecule has 0 saturated carbocycles. The van der Waals surface area contributed by atoms with Crippen molar-refractivity contribution >= 4 is 40.4 Å². The van der Waals surface area contributed by atoms with Crippen molar-refractivity contribution < 1.29 is 27.5 Å². The molecule has 38 heavy (non-hydrogen) atoms. The number of alkyl halides is 3. The lowest BCUT2D eigenvalue weighted by Crippen LogP contribution is -2.24. The number of ether oxygens (including phenoxy) is 1. The van der Waals surface area contributed by atoms with Gasteiger partial charge >= 0.3 is 6.43 Å². The zero-order valence-corrected chi connectivity index (χ0v) is 20.9. The van der Waals surface area contributed by atoms with Crippen molar-refractivity contribution in [3.05, 3.63) is 77.6 Å². The number of nitrogens with one attached hydrogen (secondary N) is 1. The molecule has 198 valence electrons. The van der Waals surface area contributed by atoms with Gasteiger partial charge in [0.05, 0.1) is 29.9 Å². The Kier molecular flexibility index (Phi) is 8.03. The Labute approximate surface area is 220 Å². The molecule has 0 aliphatic rings. The summed E-state index contributed by atoms with van der Waals surface area (Å²) in [5.74, 6) is -1.21. The van der Waals surface area contributed by atoms with Crippen molar-refractivity contribution in [1.29, 1.82) is 0 Å². The van der Waals surface area contributed by atoms with Gasteiger partial charge in [0.1, 0.15) is 10.7 Å². The van der Waals surface area contributed by atoms with Crippen molar-refractivity contribution in [2.75, 3.05) is 17.5 Å². The van der Waals surface area contributed by atoms with E-state index in [1.54, 1.807) is 55.7 Å². The average Bonchev–Trinajstić information content (AvgIpc) is 3.31. The third kappa shape index (κ3) is 5.66. The first-order valence-electron chi connectivity index (χ1n) is 11.1. The lowest BCUT2D eigenvalue weighted by atomic mass is 10.1. The number of carbonyl (C=O) groups is 1. The van der Waals surface area contributed by atoms with Gasteiger partial charge in [0.2, 0.25) is 0 Å². The molecule has 0 aliphatic heterocycles. The number of benzene rings is 2. The molecule has 0 saturated heterocycles. The molecule has 0 radical (unpaired) electrons. The highest BCUT2D eigenvalue weighted by molar-refractivity contribution is 6.30. The van der Waals surface area contributed by atoms with E-state index >= 15 is 0 Å². The Morgan fingerprint density at radius 3 is 2.45 bits per heavy atom. The topological polar surface area (TPSA) is 108 Å². The van der Waals surface area contributed by atoms with E-state index in [2.05, 4.69) is 15.4 Å². The van der Waals surface area contributed by atoms with Crippen LogP contribution in [0.5, 0.6) is 5.75 Å². The summed E-state index contributed by atoms with van der Waals surface area (Å²) >= 11 is 6.29. The molecule has 13 heteroatoms. The Morgan fingerprint density at radius 2 is 1.84 bits per heavy atom. The summed E-state index contributed by atoms with van der Waals surface area (Å²) in [6, 6.07) is 16.2. The summed E-state index contributed by atoms with van der Waals surface area (Å²) < 4.78 is 46.9. The minimum absolute atomic E-state index is 0.0378. The van der Waals surface area contributed by atoms with E-state index in [0.29, 0.717) is 11.4 Å². The minimum atomic E-state index is -3.41. The maximum atomic E-state index is 14.2. The smallest absolute Gasteiger partial charge is 0.304 e. The molecule has 0 spiro atoms. The molecule has 0 fully saturated rings. The SMILES string of the molecule is CON(c1ccccc1)c1nc(Cl)cc(Nc2cccc(-c3ccn(C)n3)c2OC(F)C(F)F)c1C(N)=O. The summed E-state index contributed by atoms with van der Waals surface area (Å²) in [4.78, 5) is 22.3. The van der Waals surface area contributed by atoms with Crippen molar-refractivity contribution in [3.63, 3.8) is 0 Å². The van der Waals surface area contributed by atoms with Crippen LogP contribution in [-0.2, 0) is 11.9 Å². The predicted octanol–water partition coefficient (Wildman–Crippen LogP) is 5.62. The van der Waals surface area contributed by atoms with Crippen molar-refractivity contribution in [3.8, 4) is 17.0 Å². The second kappa shape index (κ2) is 11.4. The molecule has 2 aromatic heterocycles. The highest BCUT2D eigenvalue weighted by atomic mass is 35.5. The van der Waals surface area contributed by atoms with Gasteiger partial charge in [0.15, 0.2) is 11.6 Å². The quantitative estimate of drug-likeness (QED) is 0.196. The molecule has 2 aromatic carbocycles. The Hall–Kier alpha value is -4.29. The van der Waals surface area contributed by atoms with Crippen molar-refractivity contribution in [2.24, 2.45) is 12.8 Å². The van der Waals surface area contributed by atoms with Crippen LogP contribution in [0.1, 0.15) is 10.4 Å². The number of primary amides is 1. The lowest BCUT2D eigenvalue weighted by Gasteiger charge is -2.25. The first-order valence-corrected chi connectivity index (χ1v) is 11.5. The number of aromatic nitrogens is 3. The molecule has 2 heterocycles. The number of rotatable bonds is 10. The van der Waals surface area contributed by atoms with Crippen LogP contribution in [0.3, 0.4) is 0 Å². The molecule has 9 nitrogen and oxygen atoms in total.